The van der Waals surface area contributed by atoms with Gasteiger partial charge in [-0.25, -0.2) is 4.98 Å². The minimum absolute atomic E-state index is 0.0303. The average molecular weight is 533 g/mol. The first-order chi connectivity index (χ1) is 18.0. The highest BCUT2D eigenvalue weighted by molar-refractivity contribution is 5.96. The average Bonchev–Trinajstić information content (AvgIpc) is 3.62. The summed E-state index contributed by atoms with van der Waals surface area (Å²) >= 11 is 0. The topological polar surface area (TPSA) is 113 Å². The van der Waals surface area contributed by atoms with E-state index in [1.165, 1.54) is 6.07 Å². The Morgan fingerprint density at radius 1 is 1.24 bits per heavy atom. The smallest absolute Gasteiger partial charge is 0.416 e. The van der Waals surface area contributed by atoms with E-state index in [2.05, 4.69) is 20.9 Å². The predicted molar refractivity (Wildman–Crippen MR) is 131 cm³/mol. The van der Waals surface area contributed by atoms with E-state index in [1.54, 1.807) is 19.4 Å². The van der Waals surface area contributed by atoms with E-state index in [-0.39, 0.29) is 29.9 Å². The van der Waals surface area contributed by atoms with Gasteiger partial charge in [0.15, 0.2) is 0 Å². The van der Waals surface area contributed by atoms with Crippen LogP contribution in [0.15, 0.2) is 42.6 Å². The van der Waals surface area contributed by atoms with Crippen LogP contribution in [-0.2, 0) is 16.6 Å². The van der Waals surface area contributed by atoms with Crippen LogP contribution in [0.4, 0.5) is 13.2 Å². The number of nitrogens with one attached hydrogen (secondary N) is 3. The summed E-state index contributed by atoms with van der Waals surface area (Å²) in [7, 11) is 1.54. The molecule has 5 rings (SSSR count). The molecule has 4 N–H and O–H groups in total. The third kappa shape index (κ3) is 4.84. The van der Waals surface area contributed by atoms with Crippen LogP contribution in [-0.4, -0.2) is 54.2 Å². The van der Waals surface area contributed by atoms with Crippen molar-refractivity contribution in [2.75, 3.05) is 26.7 Å². The number of pyridine rings is 1. The van der Waals surface area contributed by atoms with Gasteiger partial charge in [-0.05, 0) is 74.2 Å². The third-order valence-corrected chi connectivity index (χ3v) is 8.54. The molecule has 5 atom stereocenters. The third-order valence-electron chi connectivity index (χ3n) is 8.54. The van der Waals surface area contributed by atoms with Crippen LogP contribution >= 0.6 is 0 Å². The highest BCUT2D eigenvalue weighted by Gasteiger charge is 2.60. The molecule has 4 unspecified atom stereocenters. The molecule has 2 bridgehead atoms. The summed E-state index contributed by atoms with van der Waals surface area (Å²) in [6.45, 7) is 0.966. The molecule has 204 valence electrons. The summed E-state index contributed by atoms with van der Waals surface area (Å²) in [5.74, 6) is -0.279. The highest BCUT2D eigenvalue weighted by Crippen LogP contribution is 2.60. The van der Waals surface area contributed by atoms with Crippen LogP contribution < -0.4 is 20.7 Å². The van der Waals surface area contributed by atoms with Crippen LogP contribution in [0.2, 0.25) is 0 Å². The molecule has 1 aliphatic heterocycles. The van der Waals surface area contributed by atoms with Crippen molar-refractivity contribution in [1.29, 1.82) is 0 Å². The molecular weight excluding hydrogens is 501 g/mol. The molecular formula is C27H31F3N4O4. The van der Waals surface area contributed by atoms with Crippen molar-refractivity contribution in [3.63, 3.8) is 0 Å². The Labute approximate surface area is 218 Å². The second-order valence-corrected chi connectivity index (χ2v) is 10.6. The highest BCUT2D eigenvalue weighted by atomic mass is 19.4. The molecule has 2 heterocycles. The Bertz CT molecular complexity index is 1200. The van der Waals surface area contributed by atoms with Gasteiger partial charge in [-0.15, -0.1) is 0 Å². The first-order valence-corrected chi connectivity index (χ1v) is 12.7. The van der Waals surface area contributed by atoms with Gasteiger partial charge in [-0.3, -0.25) is 9.59 Å². The summed E-state index contributed by atoms with van der Waals surface area (Å²) in [6.07, 6.45) is -0.0255. The molecule has 0 radical (unpaired) electrons. The fourth-order valence-corrected chi connectivity index (χ4v) is 6.74. The quantitative estimate of drug-likeness (QED) is 0.436. The van der Waals surface area contributed by atoms with Crippen molar-refractivity contribution in [1.82, 2.24) is 20.9 Å². The summed E-state index contributed by atoms with van der Waals surface area (Å²) in [4.78, 5) is 29.6. The van der Waals surface area contributed by atoms with Gasteiger partial charge in [0.1, 0.15) is 0 Å². The normalized spacial score (nSPS) is 30.3. The number of ether oxygens (including phenoxy) is 1. The maximum atomic E-state index is 13.0. The fraction of sp³-hybridized carbons (Fsp3) is 0.519. The Morgan fingerprint density at radius 2 is 2.05 bits per heavy atom. The van der Waals surface area contributed by atoms with Gasteiger partial charge < -0.3 is 25.8 Å². The van der Waals surface area contributed by atoms with Gasteiger partial charge in [0.05, 0.1) is 30.4 Å². The number of hydrogen-bond donors (Lipinski definition) is 4. The summed E-state index contributed by atoms with van der Waals surface area (Å²) < 4.78 is 44.1. The lowest BCUT2D eigenvalue weighted by Gasteiger charge is -2.44. The number of aromatic nitrogens is 1. The number of aliphatic hydroxyl groups is 1. The Hall–Kier alpha value is -3.18. The molecule has 2 amide bonds. The van der Waals surface area contributed by atoms with Gasteiger partial charge in [0, 0.05) is 29.9 Å². The minimum atomic E-state index is -4.56. The van der Waals surface area contributed by atoms with E-state index in [4.69, 9.17) is 4.74 Å². The Morgan fingerprint density at radius 3 is 2.66 bits per heavy atom. The van der Waals surface area contributed by atoms with Gasteiger partial charge in [-0.2, -0.15) is 13.2 Å². The molecule has 1 saturated heterocycles. The molecule has 38 heavy (non-hydrogen) atoms. The zero-order valence-corrected chi connectivity index (χ0v) is 21.0. The number of hydrogen-bond acceptors (Lipinski definition) is 6. The number of halogens is 3. The zero-order chi connectivity index (χ0) is 27.1. The first-order valence-electron chi connectivity index (χ1n) is 12.7. The number of amides is 2. The molecule has 2 saturated carbocycles. The van der Waals surface area contributed by atoms with E-state index in [0.29, 0.717) is 18.8 Å². The van der Waals surface area contributed by atoms with E-state index in [0.717, 1.165) is 49.6 Å². The van der Waals surface area contributed by atoms with Crippen molar-refractivity contribution in [2.24, 2.45) is 17.8 Å². The molecule has 0 spiro atoms. The number of rotatable bonds is 7. The minimum Gasteiger partial charge on any atom is -0.481 e. The molecule has 2 aromatic rings. The van der Waals surface area contributed by atoms with Crippen molar-refractivity contribution in [3.05, 3.63) is 59.3 Å². The van der Waals surface area contributed by atoms with Crippen molar-refractivity contribution in [2.45, 2.75) is 43.0 Å². The van der Waals surface area contributed by atoms with E-state index in [9.17, 15) is 27.9 Å². The van der Waals surface area contributed by atoms with Crippen LogP contribution in [0, 0.1) is 17.8 Å². The SMILES string of the molecule is COc1ccc(C2(O)CC3CC2CC3[C@]2(NC(=O)CNC(=O)c3cccc(C(F)(F)F)c3)CCNC2)cn1. The van der Waals surface area contributed by atoms with E-state index >= 15 is 0 Å². The van der Waals surface area contributed by atoms with Gasteiger partial charge in [0.2, 0.25) is 11.8 Å². The van der Waals surface area contributed by atoms with Crippen molar-refractivity contribution >= 4 is 11.8 Å². The van der Waals surface area contributed by atoms with Crippen LogP contribution in [0.3, 0.4) is 0 Å². The zero-order valence-electron chi connectivity index (χ0n) is 21.0. The second kappa shape index (κ2) is 9.85. The number of alkyl halides is 3. The number of fused-ring (bicyclic) bond motifs is 2. The van der Waals surface area contributed by atoms with Crippen LogP contribution in [0.1, 0.15) is 47.2 Å². The van der Waals surface area contributed by atoms with E-state index < -0.39 is 34.7 Å². The predicted octanol–water partition coefficient (Wildman–Crippen LogP) is 2.62. The number of carbonyl (C=O) groups is 2. The van der Waals surface area contributed by atoms with Gasteiger partial charge in [0.25, 0.3) is 5.91 Å². The lowest BCUT2D eigenvalue weighted by Crippen LogP contribution is -2.59. The first kappa shape index (κ1) is 26.4. The fourth-order valence-electron chi connectivity index (χ4n) is 6.74. The van der Waals surface area contributed by atoms with Gasteiger partial charge in [-0.1, -0.05) is 6.07 Å². The number of carbonyl (C=O) groups excluding carboxylic acids is 2. The molecule has 1 aromatic carbocycles. The van der Waals surface area contributed by atoms with Crippen molar-refractivity contribution < 1.29 is 32.6 Å². The maximum Gasteiger partial charge on any atom is 0.416 e. The lowest BCUT2D eigenvalue weighted by atomic mass is 9.68. The van der Waals surface area contributed by atoms with Crippen molar-refractivity contribution in [3.8, 4) is 5.88 Å². The largest absolute Gasteiger partial charge is 0.481 e. The monoisotopic (exact) mass is 532 g/mol. The molecule has 11 heteroatoms. The van der Waals surface area contributed by atoms with E-state index in [1.807, 2.05) is 6.07 Å². The maximum absolute atomic E-state index is 13.0. The number of nitrogens with zero attached hydrogens (tertiary/aromatic N) is 1. The molecule has 8 nitrogen and oxygen atoms in total. The molecule has 2 aliphatic carbocycles. The van der Waals surface area contributed by atoms with Crippen LogP contribution in [0.25, 0.3) is 0 Å². The standard InChI is InChI=1S/C27H31F3N4O4/c1-38-23-6-5-19(13-32-23)26(37)12-17-10-20(26)11-21(17)25(7-8-31-15-25)34-22(35)14-33-24(36)16-3-2-4-18(9-16)27(28,29)30/h2-6,9,13,17,20-21,31,37H,7-8,10-12,14-15H2,1H3,(H,33,36)(H,34,35)/t17?,20?,21?,25-,26?/m0/s1. The van der Waals surface area contributed by atoms with Gasteiger partial charge >= 0.3 is 6.18 Å². The number of benzene rings is 1. The molecule has 1 aromatic heterocycles. The molecule has 3 aliphatic rings. The summed E-state index contributed by atoms with van der Waals surface area (Å²) in [5.41, 5.74) is -1.81. The number of methoxy groups -OCH3 is 1. The summed E-state index contributed by atoms with van der Waals surface area (Å²) in [6, 6.07) is 7.69. The Kier molecular flexibility index (Phi) is 6.85. The lowest BCUT2D eigenvalue weighted by molar-refractivity contribution is -0.137. The molecule has 3 fully saturated rings. The van der Waals surface area contributed by atoms with Crippen LogP contribution in [0.5, 0.6) is 5.88 Å². The summed E-state index contributed by atoms with van der Waals surface area (Å²) in [5, 5.41) is 20.5. The second-order valence-electron chi connectivity index (χ2n) is 10.6. The Balaban J connectivity index is 1.22.